The minimum Gasteiger partial charge on any atom is -0.462 e. The van der Waals surface area contributed by atoms with Crippen LogP contribution in [0.1, 0.15) is 194 Å². The second-order valence-corrected chi connectivity index (χ2v) is 18.4. The maximum Gasteiger partial charge on any atom is 0.306 e. The molecule has 7 N–H and O–H groups in total. The molecule has 386 valence electrons. The fourth-order valence-corrected chi connectivity index (χ4v) is 8.13. The third-order valence-electron chi connectivity index (χ3n) is 12.4. The van der Waals surface area contributed by atoms with Crippen LogP contribution in [-0.4, -0.2) is 142 Å². The van der Waals surface area contributed by atoms with Crippen molar-refractivity contribution in [1.82, 2.24) is 0 Å². The van der Waals surface area contributed by atoms with Crippen molar-refractivity contribution in [2.75, 3.05) is 26.4 Å². The average Bonchev–Trinajstić information content (AvgIpc) is 3.31. The Morgan fingerprint density at radius 1 is 0.485 bits per heavy atom. The molecule has 0 spiro atoms. The van der Waals surface area contributed by atoms with Gasteiger partial charge in [0.15, 0.2) is 18.7 Å². The number of hydrogen-bond donors (Lipinski definition) is 7. The van der Waals surface area contributed by atoms with E-state index in [0.717, 1.165) is 57.8 Å². The van der Waals surface area contributed by atoms with Crippen LogP contribution in [0.5, 0.6) is 0 Å². The fourth-order valence-electron chi connectivity index (χ4n) is 8.13. The van der Waals surface area contributed by atoms with Gasteiger partial charge < -0.3 is 64.2 Å². The van der Waals surface area contributed by atoms with E-state index in [1.54, 1.807) is 0 Å². The average molecular weight is 945 g/mol. The van der Waals surface area contributed by atoms with Crippen LogP contribution in [0.25, 0.3) is 0 Å². The van der Waals surface area contributed by atoms with Crippen molar-refractivity contribution >= 4 is 11.9 Å². The van der Waals surface area contributed by atoms with Crippen molar-refractivity contribution in [3.05, 3.63) is 24.3 Å². The summed E-state index contributed by atoms with van der Waals surface area (Å²) in [4.78, 5) is 25.7. The number of esters is 2. The smallest absolute Gasteiger partial charge is 0.306 e. The molecule has 15 heteroatoms. The lowest BCUT2D eigenvalue weighted by Crippen LogP contribution is -2.61. The van der Waals surface area contributed by atoms with E-state index >= 15 is 0 Å². The molecule has 0 bridgehead atoms. The molecule has 2 saturated heterocycles. The fraction of sp³-hybridized carbons (Fsp3) is 0.882. The van der Waals surface area contributed by atoms with Crippen molar-refractivity contribution in [2.45, 2.75) is 261 Å². The van der Waals surface area contributed by atoms with E-state index in [4.69, 9.17) is 28.4 Å². The van der Waals surface area contributed by atoms with Crippen LogP contribution in [0.15, 0.2) is 24.3 Å². The lowest BCUT2D eigenvalue weighted by atomic mass is 9.98. The van der Waals surface area contributed by atoms with Crippen LogP contribution in [0.3, 0.4) is 0 Å². The lowest BCUT2D eigenvalue weighted by Gasteiger charge is -2.42. The molecule has 11 unspecified atom stereocenters. The number of allylic oxidation sites excluding steroid dienone is 4. The molecule has 0 aromatic rings. The molecular formula is C51H92O15. The third-order valence-corrected chi connectivity index (χ3v) is 12.4. The number of rotatable bonds is 40. The van der Waals surface area contributed by atoms with Gasteiger partial charge in [0.2, 0.25) is 0 Å². The van der Waals surface area contributed by atoms with E-state index in [-0.39, 0.29) is 26.1 Å². The maximum atomic E-state index is 13.0. The van der Waals surface area contributed by atoms with Gasteiger partial charge in [0.1, 0.15) is 55.4 Å². The largest absolute Gasteiger partial charge is 0.462 e. The summed E-state index contributed by atoms with van der Waals surface area (Å²) in [6, 6.07) is 0. The maximum absolute atomic E-state index is 13.0. The van der Waals surface area contributed by atoms with Gasteiger partial charge in [0.25, 0.3) is 0 Å². The van der Waals surface area contributed by atoms with Gasteiger partial charge in [-0.05, 0) is 44.9 Å². The zero-order valence-corrected chi connectivity index (χ0v) is 40.7. The highest BCUT2D eigenvalue weighted by molar-refractivity contribution is 5.70. The molecule has 0 aliphatic carbocycles. The van der Waals surface area contributed by atoms with Crippen LogP contribution < -0.4 is 0 Å². The minimum absolute atomic E-state index is 0.163. The highest BCUT2D eigenvalue weighted by atomic mass is 16.7. The Morgan fingerprint density at radius 3 is 1.44 bits per heavy atom. The summed E-state index contributed by atoms with van der Waals surface area (Å²) in [7, 11) is 0. The monoisotopic (exact) mass is 945 g/mol. The van der Waals surface area contributed by atoms with E-state index < -0.39 is 92.7 Å². The van der Waals surface area contributed by atoms with Gasteiger partial charge in [-0.1, -0.05) is 160 Å². The minimum atomic E-state index is -1.76. The highest BCUT2D eigenvalue weighted by Crippen LogP contribution is 2.26. The highest BCUT2D eigenvalue weighted by Gasteiger charge is 2.47. The molecule has 0 saturated carbocycles. The zero-order valence-electron chi connectivity index (χ0n) is 40.7. The number of carbonyl (C=O) groups is 2. The van der Waals surface area contributed by atoms with E-state index in [9.17, 15) is 45.3 Å². The summed E-state index contributed by atoms with van der Waals surface area (Å²) in [5.74, 6) is -0.924. The van der Waals surface area contributed by atoms with Gasteiger partial charge in [0.05, 0.1) is 19.8 Å². The summed E-state index contributed by atoms with van der Waals surface area (Å²) in [5.41, 5.74) is 0. The Balaban J connectivity index is 1.79. The summed E-state index contributed by atoms with van der Waals surface area (Å²) in [5, 5.41) is 72.0. The van der Waals surface area contributed by atoms with Crippen LogP contribution in [0, 0.1) is 0 Å². The molecular weight excluding hydrogens is 853 g/mol. The first kappa shape index (κ1) is 60.1. The number of hydrogen-bond acceptors (Lipinski definition) is 15. The molecule has 0 aromatic carbocycles. The van der Waals surface area contributed by atoms with Crippen molar-refractivity contribution in [3.63, 3.8) is 0 Å². The first-order chi connectivity index (χ1) is 32.0. The first-order valence-electron chi connectivity index (χ1n) is 25.9. The van der Waals surface area contributed by atoms with Crippen LogP contribution in [-0.2, 0) is 38.0 Å². The van der Waals surface area contributed by atoms with E-state index in [1.165, 1.54) is 96.3 Å². The van der Waals surface area contributed by atoms with Crippen molar-refractivity contribution in [2.24, 2.45) is 0 Å². The van der Waals surface area contributed by atoms with E-state index in [0.29, 0.717) is 12.8 Å². The molecule has 66 heavy (non-hydrogen) atoms. The van der Waals surface area contributed by atoms with Crippen LogP contribution in [0.4, 0.5) is 0 Å². The molecule has 2 aliphatic rings. The normalized spacial score (nSPS) is 26.3. The molecule has 2 aliphatic heterocycles. The second kappa shape index (κ2) is 38.8. The Kier molecular flexibility index (Phi) is 35.3. The number of aliphatic hydroxyl groups is 7. The number of carbonyl (C=O) groups excluding carboxylic acids is 2. The summed E-state index contributed by atoms with van der Waals surface area (Å²) in [6.45, 7) is 2.56. The van der Waals surface area contributed by atoms with Gasteiger partial charge in [-0.2, -0.15) is 0 Å². The molecule has 2 rings (SSSR count). The Morgan fingerprint density at radius 2 is 0.909 bits per heavy atom. The van der Waals surface area contributed by atoms with Crippen molar-refractivity contribution in [1.29, 1.82) is 0 Å². The molecule has 2 heterocycles. The van der Waals surface area contributed by atoms with Gasteiger partial charge in [-0.15, -0.1) is 0 Å². The standard InChI is InChI=1S/C51H92O15/c1-3-5-7-9-11-13-15-16-17-18-19-20-21-22-24-26-28-30-32-34-43(54)64-39(36-61-42(53)33-31-29-27-25-23-14-12-10-8-6-4-2)37-62-50-49(60)47(58)45(56)41(66-50)38-63-51-48(59)46(57)44(55)40(35-52)65-51/h11,13,16-17,39-41,44-52,55-60H,3-10,12,14-15,18-38H2,1-2H3/b13-11-,17-16-. The Hall–Kier alpha value is -2.02. The lowest BCUT2D eigenvalue weighted by molar-refractivity contribution is -0.332. The van der Waals surface area contributed by atoms with Crippen LogP contribution >= 0.6 is 0 Å². The molecule has 0 amide bonds. The van der Waals surface area contributed by atoms with Gasteiger partial charge in [0, 0.05) is 12.8 Å². The second-order valence-electron chi connectivity index (χ2n) is 18.4. The van der Waals surface area contributed by atoms with Crippen molar-refractivity contribution < 1.29 is 73.8 Å². The topological polar surface area (TPSA) is 231 Å². The summed E-state index contributed by atoms with van der Waals surface area (Å²) >= 11 is 0. The number of ether oxygens (including phenoxy) is 6. The number of unbranched alkanes of at least 4 members (excludes halogenated alkanes) is 22. The summed E-state index contributed by atoms with van der Waals surface area (Å²) in [6.07, 6.45) is 22.1. The molecule has 15 nitrogen and oxygen atoms in total. The van der Waals surface area contributed by atoms with Gasteiger partial charge >= 0.3 is 11.9 Å². The van der Waals surface area contributed by atoms with Crippen molar-refractivity contribution in [3.8, 4) is 0 Å². The molecule has 0 aromatic heterocycles. The predicted octanol–water partition coefficient (Wildman–Crippen LogP) is 7.16. The molecule has 0 radical (unpaired) electrons. The predicted molar refractivity (Wildman–Crippen MR) is 252 cm³/mol. The summed E-state index contributed by atoms with van der Waals surface area (Å²) < 4.78 is 33.6. The quantitative estimate of drug-likeness (QED) is 0.0184. The zero-order chi connectivity index (χ0) is 48.2. The van der Waals surface area contributed by atoms with Gasteiger partial charge in [-0.3, -0.25) is 9.59 Å². The molecule has 2 fully saturated rings. The third kappa shape index (κ3) is 26.7. The van der Waals surface area contributed by atoms with Gasteiger partial charge in [-0.25, -0.2) is 0 Å². The SMILES string of the molecule is CCCCC/C=C\C/C=C\CCCCCCCCCCCC(=O)OC(COC(=O)CCCCCCCCCCCCC)COC1OC(COC2OC(CO)C(O)C(O)C2O)C(O)C(O)C1O. The molecule has 11 atom stereocenters. The number of aliphatic hydroxyl groups excluding tert-OH is 7. The Bertz CT molecular complexity index is 1250. The Labute approximate surface area is 396 Å². The first-order valence-corrected chi connectivity index (χ1v) is 25.9. The van der Waals surface area contributed by atoms with E-state index in [2.05, 4.69) is 38.2 Å². The van der Waals surface area contributed by atoms with Crippen LogP contribution in [0.2, 0.25) is 0 Å². The van der Waals surface area contributed by atoms with E-state index in [1.807, 2.05) is 0 Å².